The van der Waals surface area contributed by atoms with Gasteiger partial charge in [-0.15, -0.1) is 0 Å². The Morgan fingerprint density at radius 1 is 1.26 bits per heavy atom. The number of benzene rings is 1. The van der Waals surface area contributed by atoms with Crippen LogP contribution in [0.5, 0.6) is 0 Å². The molecule has 0 aliphatic rings. The zero-order chi connectivity index (χ0) is 14.3. The van der Waals surface area contributed by atoms with Gasteiger partial charge >= 0.3 is 6.03 Å². The molecule has 0 aliphatic heterocycles. The van der Waals surface area contributed by atoms with Crippen molar-refractivity contribution < 1.29 is 9.90 Å². The van der Waals surface area contributed by atoms with E-state index in [1.54, 1.807) is 0 Å². The Morgan fingerprint density at radius 3 is 2.42 bits per heavy atom. The third-order valence-electron chi connectivity index (χ3n) is 3.36. The number of aliphatic hydroxyl groups is 1. The van der Waals surface area contributed by atoms with Crippen molar-refractivity contribution in [1.82, 2.24) is 10.6 Å². The summed E-state index contributed by atoms with van der Waals surface area (Å²) in [6, 6.07) is 9.80. The highest BCUT2D eigenvalue weighted by atomic mass is 16.3. The largest absolute Gasteiger partial charge is 0.396 e. The van der Waals surface area contributed by atoms with Crippen LogP contribution in [0.4, 0.5) is 4.79 Å². The monoisotopic (exact) mass is 264 g/mol. The van der Waals surface area contributed by atoms with E-state index in [2.05, 4.69) is 10.6 Å². The molecule has 0 saturated heterocycles. The van der Waals surface area contributed by atoms with Crippen LogP contribution in [0.25, 0.3) is 0 Å². The van der Waals surface area contributed by atoms with Crippen molar-refractivity contribution in [2.24, 2.45) is 5.41 Å². The maximum Gasteiger partial charge on any atom is 0.314 e. The van der Waals surface area contributed by atoms with E-state index in [-0.39, 0.29) is 24.0 Å². The number of carbonyl (C=O) groups is 1. The van der Waals surface area contributed by atoms with Gasteiger partial charge < -0.3 is 15.7 Å². The molecular weight excluding hydrogens is 240 g/mol. The Kier molecular flexibility index (Phi) is 5.83. The average Bonchev–Trinajstić information content (AvgIpc) is 2.40. The summed E-state index contributed by atoms with van der Waals surface area (Å²) in [5.41, 5.74) is 0.833. The van der Waals surface area contributed by atoms with E-state index in [0.29, 0.717) is 13.1 Å². The Morgan fingerprint density at radius 2 is 1.89 bits per heavy atom. The van der Waals surface area contributed by atoms with Crippen LogP contribution in [0.15, 0.2) is 30.3 Å². The van der Waals surface area contributed by atoms with Crippen LogP contribution in [0.1, 0.15) is 32.3 Å². The molecule has 1 rings (SSSR count). The molecule has 19 heavy (non-hydrogen) atoms. The van der Waals surface area contributed by atoms with Gasteiger partial charge in [-0.25, -0.2) is 4.79 Å². The van der Waals surface area contributed by atoms with Gasteiger partial charge in [-0.05, 0) is 17.9 Å². The number of hydrogen-bond acceptors (Lipinski definition) is 2. The van der Waals surface area contributed by atoms with Gasteiger partial charge in [0.05, 0.1) is 0 Å². The molecule has 1 unspecified atom stereocenters. The molecule has 3 N–H and O–H groups in total. The first kappa shape index (κ1) is 15.5. The van der Waals surface area contributed by atoms with Crippen LogP contribution in [0.2, 0.25) is 0 Å². The lowest BCUT2D eigenvalue weighted by atomic mass is 9.75. The molecule has 0 aromatic heterocycles. The fourth-order valence-corrected chi connectivity index (χ4v) is 2.06. The predicted molar refractivity (Wildman–Crippen MR) is 77.1 cm³/mol. The van der Waals surface area contributed by atoms with Gasteiger partial charge in [0.2, 0.25) is 0 Å². The lowest BCUT2D eigenvalue weighted by molar-refractivity contribution is 0.129. The fraction of sp³-hybridized carbons (Fsp3) is 0.533. The summed E-state index contributed by atoms with van der Waals surface area (Å²) in [7, 11) is 0. The van der Waals surface area contributed by atoms with E-state index in [1.807, 2.05) is 51.1 Å². The van der Waals surface area contributed by atoms with Gasteiger partial charge in [0.1, 0.15) is 0 Å². The first-order valence-corrected chi connectivity index (χ1v) is 6.68. The average molecular weight is 264 g/mol. The second-order valence-corrected chi connectivity index (χ2v) is 5.35. The second kappa shape index (κ2) is 7.14. The zero-order valence-corrected chi connectivity index (χ0v) is 11.9. The summed E-state index contributed by atoms with van der Waals surface area (Å²) in [5, 5.41) is 15.1. The predicted octanol–water partition coefficient (Wildman–Crippen LogP) is 2.11. The number of aliphatic hydroxyl groups excluding tert-OH is 1. The van der Waals surface area contributed by atoms with Gasteiger partial charge in [0.15, 0.2) is 0 Å². The van der Waals surface area contributed by atoms with Gasteiger partial charge in [-0.1, -0.05) is 44.2 Å². The lowest BCUT2D eigenvalue weighted by Crippen LogP contribution is -2.41. The van der Waals surface area contributed by atoms with Crippen LogP contribution in [0.3, 0.4) is 0 Å². The van der Waals surface area contributed by atoms with Crippen molar-refractivity contribution in [3.05, 3.63) is 35.9 Å². The SMILES string of the molecule is CCNC(=O)NCC(c1ccccc1)C(C)(C)CO. The van der Waals surface area contributed by atoms with E-state index in [0.717, 1.165) is 5.56 Å². The number of rotatable bonds is 6. The van der Waals surface area contributed by atoms with Crippen LogP contribution in [-0.4, -0.2) is 30.8 Å². The molecule has 0 aliphatic carbocycles. The Bertz CT molecular complexity index is 390. The zero-order valence-electron chi connectivity index (χ0n) is 11.9. The molecule has 1 atom stereocenters. The highest BCUT2D eigenvalue weighted by Gasteiger charge is 2.30. The van der Waals surface area contributed by atoms with Crippen molar-refractivity contribution in [2.75, 3.05) is 19.7 Å². The third-order valence-corrected chi connectivity index (χ3v) is 3.36. The highest BCUT2D eigenvalue weighted by Crippen LogP contribution is 2.34. The van der Waals surface area contributed by atoms with Crippen molar-refractivity contribution in [2.45, 2.75) is 26.7 Å². The second-order valence-electron chi connectivity index (χ2n) is 5.35. The molecular formula is C15H24N2O2. The Labute approximate surface area is 115 Å². The fourth-order valence-electron chi connectivity index (χ4n) is 2.06. The molecule has 1 aromatic carbocycles. The summed E-state index contributed by atoms with van der Waals surface area (Å²) in [6.07, 6.45) is 0. The number of hydrogen-bond donors (Lipinski definition) is 3. The summed E-state index contributed by atoms with van der Waals surface area (Å²) in [4.78, 5) is 11.5. The van der Waals surface area contributed by atoms with Crippen LogP contribution in [0, 0.1) is 5.41 Å². The first-order valence-electron chi connectivity index (χ1n) is 6.68. The Hall–Kier alpha value is -1.55. The topological polar surface area (TPSA) is 61.4 Å². The normalized spacial score (nSPS) is 12.8. The Balaban J connectivity index is 2.80. The number of urea groups is 1. The van der Waals surface area contributed by atoms with Gasteiger partial charge in [-0.2, -0.15) is 0 Å². The summed E-state index contributed by atoms with van der Waals surface area (Å²) >= 11 is 0. The molecule has 0 radical (unpaired) electrons. The minimum Gasteiger partial charge on any atom is -0.396 e. The van der Waals surface area contributed by atoms with Gasteiger partial charge in [-0.3, -0.25) is 0 Å². The minimum absolute atomic E-state index is 0.0707. The highest BCUT2D eigenvalue weighted by molar-refractivity contribution is 5.73. The van der Waals surface area contributed by atoms with Crippen molar-refractivity contribution in [3.63, 3.8) is 0 Å². The quantitative estimate of drug-likeness (QED) is 0.737. The smallest absolute Gasteiger partial charge is 0.314 e. The lowest BCUT2D eigenvalue weighted by Gasteiger charge is -2.33. The van der Waals surface area contributed by atoms with Crippen molar-refractivity contribution >= 4 is 6.03 Å². The summed E-state index contributed by atoms with van der Waals surface area (Å²) in [5.74, 6) is 0.0707. The molecule has 0 fully saturated rings. The standard InChI is InChI=1S/C15H24N2O2/c1-4-16-14(19)17-10-13(15(2,3)11-18)12-8-6-5-7-9-12/h5-9,13,18H,4,10-11H2,1-3H3,(H2,16,17,19). The maximum absolute atomic E-state index is 11.5. The third kappa shape index (κ3) is 4.56. The maximum atomic E-state index is 11.5. The minimum atomic E-state index is -0.291. The van der Waals surface area contributed by atoms with E-state index in [9.17, 15) is 9.90 Å². The molecule has 0 spiro atoms. The van der Waals surface area contributed by atoms with Gasteiger partial charge in [0, 0.05) is 25.6 Å². The van der Waals surface area contributed by atoms with Crippen molar-refractivity contribution in [3.8, 4) is 0 Å². The molecule has 4 heteroatoms. The number of nitrogens with one attached hydrogen (secondary N) is 2. The summed E-state index contributed by atoms with van der Waals surface area (Å²) < 4.78 is 0. The van der Waals surface area contributed by atoms with E-state index in [4.69, 9.17) is 0 Å². The van der Waals surface area contributed by atoms with Crippen LogP contribution < -0.4 is 10.6 Å². The van der Waals surface area contributed by atoms with Gasteiger partial charge in [0.25, 0.3) is 0 Å². The number of amides is 2. The molecule has 2 amide bonds. The summed E-state index contributed by atoms with van der Waals surface area (Å²) in [6.45, 7) is 7.07. The molecule has 0 bridgehead atoms. The first-order chi connectivity index (χ1) is 9.01. The van der Waals surface area contributed by atoms with E-state index < -0.39 is 0 Å². The van der Waals surface area contributed by atoms with Crippen LogP contribution >= 0.6 is 0 Å². The number of carbonyl (C=O) groups excluding carboxylic acids is 1. The van der Waals surface area contributed by atoms with Crippen molar-refractivity contribution in [1.29, 1.82) is 0 Å². The van der Waals surface area contributed by atoms with E-state index in [1.165, 1.54) is 0 Å². The molecule has 106 valence electrons. The van der Waals surface area contributed by atoms with Crippen LogP contribution in [-0.2, 0) is 0 Å². The molecule has 0 saturated carbocycles. The molecule has 4 nitrogen and oxygen atoms in total. The van der Waals surface area contributed by atoms with E-state index >= 15 is 0 Å². The molecule has 0 heterocycles. The molecule has 1 aromatic rings.